The number of rotatable bonds is 15. The maximum Gasteiger partial charge on any atom is 0.410 e. The Labute approximate surface area is 478 Å². The predicted molar refractivity (Wildman–Crippen MR) is 290 cm³/mol. The van der Waals surface area contributed by atoms with Gasteiger partial charge in [0.15, 0.2) is 0 Å². The van der Waals surface area contributed by atoms with Gasteiger partial charge >= 0.3 is 30.1 Å². The van der Waals surface area contributed by atoms with E-state index in [1.807, 2.05) is 13.8 Å². The molecule has 2 rings (SSSR count). The molecule has 6 atom stereocenters. The second-order valence-electron chi connectivity index (χ2n) is 22.0. The van der Waals surface area contributed by atoms with Crippen molar-refractivity contribution in [1.82, 2.24) is 36.0 Å². The van der Waals surface area contributed by atoms with Crippen LogP contribution in [-0.2, 0) is 57.2 Å². The number of esters is 3. The highest BCUT2D eigenvalue weighted by molar-refractivity contribution is 6.68. The molecule has 28 heteroatoms. The van der Waals surface area contributed by atoms with Gasteiger partial charge in [-0.1, -0.05) is 104 Å². The molecule has 0 bridgehead atoms. The Balaban J connectivity index is 0.00000118. The van der Waals surface area contributed by atoms with Crippen molar-refractivity contribution in [1.29, 1.82) is 0 Å². The van der Waals surface area contributed by atoms with E-state index in [2.05, 4.69) is 16.2 Å². The minimum atomic E-state index is -1.74. The molecule has 0 radical (unpaired) electrons. The van der Waals surface area contributed by atoms with Crippen LogP contribution < -0.4 is 21.9 Å². The van der Waals surface area contributed by atoms with Crippen molar-refractivity contribution in [3.05, 3.63) is 0 Å². The van der Waals surface area contributed by atoms with Gasteiger partial charge in [-0.05, 0) is 107 Å². The SMILES string of the molecule is CC(C)[C@@H](C(=O)N[C@@H](C)C(=O)N1CCC[C@@H](C(=O)OCC(Cl)(Cl)Cl)N1)N(C)C(=O)OC(C)(C)C.CC(C)[C@@H](C(N)=O)N(C)C(=O)OC(C)(C)C.C[C@H](CC(=O)OC(C)(C)C)C(=O)N1CCC[C@@H](C(=O)OCC(Cl)(Cl)Cl)N1. The van der Waals surface area contributed by atoms with Crippen LogP contribution in [0, 0.1) is 17.8 Å². The largest absolute Gasteiger partial charge is 0.460 e. The Morgan fingerprint density at radius 2 is 0.947 bits per heavy atom. The Morgan fingerprint density at radius 1 is 0.592 bits per heavy atom. The fraction of sp³-hybridized carbons (Fsp3) is 0.812. The van der Waals surface area contributed by atoms with Crippen molar-refractivity contribution in [2.75, 3.05) is 40.4 Å². The molecule has 440 valence electrons. The lowest BCUT2D eigenvalue weighted by molar-refractivity contribution is -0.160. The highest BCUT2D eigenvalue weighted by Crippen LogP contribution is 2.28. The number of likely N-dealkylation sites (N-methyl/N-ethyl adjacent to an activating group) is 2. The summed E-state index contributed by atoms with van der Waals surface area (Å²) in [7, 11) is 2.99. The second kappa shape index (κ2) is 31.3. The van der Waals surface area contributed by atoms with Crippen LogP contribution in [0.15, 0.2) is 0 Å². The summed E-state index contributed by atoms with van der Waals surface area (Å²) in [4.78, 5) is 112. The molecule has 6 amide bonds. The van der Waals surface area contributed by atoms with Gasteiger partial charge in [0.05, 0.1) is 6.42 Å². The summed E-state index contributed by atoms with van der Waals surface area (Å²) in [5.74, 6) is -4.36. The molecule has 0 aromatic carbocycles. The van der Waals surface area contributed by atoms with Gasteiger partial charge in [0, 0.05) is 33.1 Å². The average Bonchev–Trinajstić information content (AvgIpc) is 3.24. The number of nitrogens with zero attached hydrogens (tertiary/aromatic N) is 4. The fourth-order valence-electron chi connectivity index (χ4n) is 7.11. The number of hydrogen-bond acceptors (Lipinski definition) is 16. The number of amides is 6. The van der Waals surface area contributed by atoms with Crippen LogP contribution >= 0.6 is 69.6 Å². The van der Waals surface area contributed by atoms with Gasteiger partial charge in [-0.2, -0.15) is 0 Å². The van der Waals surface area contributed by atoms with E-state index in [1.54, 1.807) is 83.1 Å². The molecule has 0 saturated carbocycles. The van der Waals surface area contributed by atoms with E-state index >= 15 is 0 Å². The van der Waals surface area contributed by atoms with E-state index in [0.29, 0.717) is 38.8 Å². The first-order chi connectivity index (χ1) is 34.3. The predicted octanol–water partition coefficient (Wildman–Crippen LogP) is 6.92. The van der Waals surface area contributed by atoms with Gasteiger partial charge < -0.3 is 34.7 Å². The Morgan fingerprint density at radius 3 is 1.28 bits per heavy atom. The van der Waals surface area contributed by atoms with E-state index in [4.69, 9.17) is 99.0 Å². The van der Waals surface area contributed by atoms with Crippen LogP contribution in [-0.4, -0.2) is 169 Å². The highest BCUT2D eigenvalue weighted by atomic mass is 35.6. The van der Waals surface area contributed by atoms with E-state index in [-0.39, 0.29) is 30.8 Å². The van der Waals surface area contributed by atoms with Crippen LogP contribution in [0.3, 0.4) is 0 Å². The van der Waals surface area contributed by atoms with Crippen molar-refractivity contribution < 1.29 is 66.8 Å². The van der Waals surface area contributed by atoms with Crippen molar-refractivity contribution in [3.63, 3.8) is 0 Å². The summed E-state index contributed by atoms with van der Waals surface area (Å²) in [5, 5.41) is 5.25. The molecule has 2 aliphatic rings. The standard InChI is InChI=1S/C21H35Cl3N4O6.C16H25Cl3N2O5.C11H22N2O3/c1-12(2)15(27(7)19(32)34-20(4,5)6)16(29)25-13(3)17(30)28-10-8-9-14(26-28)18(31)33-11-21(22,23)24;1-10(8-12(22)26-15(2,3)4)13(23)21-7-5-6-11(20-21)14(24)25-9-16(17,18)19;1-7(2)8(9(12)14)13(6)10(15)16-11(3,4)5/h12-15,26H,8-11H2,1-7H3,(H,25,29);10-11,20H,5-9H2,1-4H3;7-8H,1-6H3,(H2,12,14)/t13-,14-,15-;10-,11+;8-/m010/s1. The van der Waals surface area contributed by atoms with Crippen LogP contribution in [0.25, 0.3) is 0 Å². The third kappa shape index (κ3) is 29.5. The van der Waals surface area contributed by atoms with Gasteiger partial charge in [0.25, 0.3) is 5.91 Å². The Hall–Kier alpha value is -3.51. The topological polar surface area (TPSA) is 275 Å². The molecule has 5 N–H and O–H groups in total. The molecule has 2 fully saturated rings. The first-order valence-electron chi connectivity index (χ1n) is 24.6. The fourth-order valence-corrected chi connectivity index (χ4v) is 7.43. The third-order valence-corrected chi connectivity index (χ3v) is 10.9. The molecule has 2 heterocycles. The lowest BCUT2D eigenvalue weighted by Crippen LogP contribution is -2.61. The zero-order valence-corrected chi connectivity index (χ0v) is 51.4. The number of carbonyl (C=O) groups is 9. The first-order valence-corrected chi connectivity index (χ1v) is 26.9. The minimum absolute atomic E-state index is 0.0450. The quantitative estimate of drug-likeness (QED) is 0.0736. The number of ether oxygens (including phenoxy) is 5. The molecule has 0 aromatic rings. The van der Waals surface area contributed by atoms with E-state index in [9.17, 15) is 43.2 Å². The molecular weight excluding hydrogens is 1130 g/mol. The maximum atomic E-state index is 13.0. The van der Waals surface area contributed by atoms with Gasteiger partial charge in [-0.3, -0.25) is 53.4 Å². The number of primary amides is 1. The Bertz CT molecular complexity index is 1970. The van der Waals surface area contributed by atoms with Gasteiger partial charge in [-0.15, -0.1) is 0 Å². The van der Waals surface area contributed by atoms with E-state index in [1.165, 1.54) is 40.8 Å². The molecule has 2 saturated heterocycles. The summed E-state index contributed by atoms with van der Waals surface area (Å²) >= 11 is 33.5. The van der Waals surface area contributed by atoms with Crippen LogP contribution in [0.5, 0.6) is 0 Å². The molecule has 22 nitrogen and oxygen atoms in total. The molecular formula is C48H82Cl6N8O14. The number of alkyl halides is 6. The zero-order valence-electron chi connectivity index (χ0n) is 46.8. The zero-order chi connectivity index (χ0) is 59.6. The number of carbonyl (C=O) groups excluding carboxylic acids is 9. The summed E-state index contributed by atoms with van der Waals surface area (Å²) in [6.07, 6.45) is 0.826. The number of hydrazine groups is 2. The third-order valence-electron chi connectivity index (χ3n) is 10.3. The molecule has 0 unspecified atom stereocenters. The summed E-state index contributed by atoms with van der Waals surface area (Å²) < 4.78 is 22.2. The van der Waals surface area contributed by atoms with Crippen LogP contribution in [0.1, 0.15) is 136 Å². The van der Waals surface area contributed by atoms with E-state index < -0.39 is 115 Å². The van der Waals surface area contributed by atoms with Crippen molar-refractivity contribution in [3.8, 4) is 0 Å². The molecule has 0 spiro atoms. The van der Waals surface area contributed by atoms with Crippen molar-refractivity contribution in [2.24, 2.45) is 23.5 Å². The highest BCUT2D eigenvalue weighted by Gasteiger charge is 2.38. The first kappa shape index (κ1) is 72.5. The van der Waals surface area contributed by atoms with Crippen molar-refractivity contribution >= 4 is 123 Å². The summed E-state index contributed by atoms with van der Waals surface area (Å²) in [6.45, 7) is 26.2. The number of hydrogen-bond donors (Lipinski definition) is 4. The smallest absolute Gasteiger partial charge is 0.410 e. The molecule has 0 aromatic heterocycles. The lowest BCUT2D eigenvalue weighted by Gasteiger charge is -2.35. The van der Waals surface area contributed by atoms with Gasteiger partial charge in [0.2, 0.25) is 25.3 Å². The van der Waals surface area contributed by atoms with Crippen LogP contribution in [0.4, 0.5) is 9.59 Å². The van der Waals surface area contributed by atoms with Crippen molar-refractivity contribution in [2.45, 2.75) is 191 Å². The average molecular weight is 1210 g/mol. The Kier molecular flexibility index (Phi) is 29.9. The monoisotopic (exact) mass is 1200 g/mol. The maximum absolute atomic E-state index is 13.0. The molecule has 2 aliphatic heterocycles. The number of nitrogens with two attached hydrogens (primary N) is 1. The number of halogens is 6. The van der Waals surface area contributed by atoms with Crippen LogP contribution in [0.2, 0.25) is 0 Å². The number of nitrogens with one attached hydrogen (secondary N) is 3. The molecule has 76 heavy (non-hydrogen) atoms. The minimum Gasteiger partial charge on any atom is -0.460 e. The normalized spacial score (nSPS) is 17.9. The van der Waals surface area contributed by atoms with E-state index in [0.717, 1.165) is 0 Å². The second-order valence-corrected chi connectivity index (χ2v) is 27.0. The molecule has 0 aliphatic carbocycles. The summed E-state index contributed by atoms with van der Waals surface area (Å²) in [6, 6.07) is -3.94. The van der Waals surface area contributed by atoms with Gasteiger partial charge in [0.1, 0.15) is 60.2 Å². The summed E-state index contributed by atoms with van der Waals surface area (Å²) in [5.41, 5.74) is 8.97. The lowest BCUT2D eigenvalue weighted by atomic mass is 10.0. The van der Waals surface area contributed by atoms with Gasteiger partial charge in [-0.25, -0.2) is 20.4 Å².